The van der Waals surface area contributed by atoms with Gasteiger partial charge in [-0.05, 0) is 28.5 Å². The van der Waals surface area contributed by atoms with Crippen molar-refractivity contribution in [3.8, 4) is 0 Å². The Bertz CT molecular complexity index is 1320. The zero-order chi connectivity index (χ0) is 29.0. The first-order chi connectivity index (χ1) is 18.0. The number of nitro groups is 1. The van der Waals surface area contributed by atoms with Crippen LogP contribution >= 0.6 is 22.7 Å². The molecule has 2 aromatic heterocycles. The maximum Gasteiger partial charge on any atom is 0.431 e. The fraction of sp³-hybridized carbons (Fsp3) is 0.304. The van der Waals surface area contributed by atoms with Crippen molar-refractivity contribution in [2.75, 3.05) is 0 Å². The predicted octanol–water partition coefficient (Wildman–Crippen LogP) is 4.90. The van der Waals surface area contributed by atoms with Crippen LogP contribution in [0.2, 0.25) is 0 Å². The Morgan fingerprint density at radius 2 is 1.31 bits per heavy atom. The molecule has 1 aliphatic rings. The van der Waals surface area contributed by atoms with Gasteiger partial charge in [-0.3, -0.25) is 19.7 Å². The Kier molecular flexibility index (Phi) is 7.23. The van der Waals surface area contributed by atoms with E-state index < -0.39 is 79.1 Å². The number of carbonyl (C=O) groups excluding carboxylic acids is 2. The molecule has 39 heavy (non-hydrogen) atoms. The zero-order valence-corrected chi connectivity index (χ0v) is 20.7. The third-order valence-corrected chi connectivity index (χ3v) is 8.19. The van der Waals surface area contributed by atoms with Gasteiger partial charge in [0.1, 0.15) is 0 Å². The molecule has 3 aromatic rings. The van der Waals surface area contributed by atoms with Crippen LogP contribution in [0.5, 0.6) is 0 Å². The second-order valence-corrected chi connectivity index (χ2v) is 10.6. The molecule has 3 heterocycles. The molecule has 4 unspecified atom stereocenters. The van der Waals surface area contributed by atoms with Gasteiger partial charge in [-0.1, -0.05) is 24.3 Å². The van der Waals surface area contributed by atoms with E-state index in [2.05, 4.69) is 0 Å². The van der Waals surface area contributed by atoms with E-state index in [1.165, 1.54) is 22.9 Å². The van der Waals surface area contributed by atoms with Crippen molar-refractivity contribution in [2.45, 2.75) is 29.7 Å². The van der Waals surface area contributed by atoms with Gasteiger partial charge in [-0.25, -0.2) is 5.32 Å². The monoisotopic (exact) mass is 594 g/mol. The summed E-state index contributed by atoms with van der Waals surface area (Å²) in [7, 11) is 0. The van der Waals surface area contributed by atoms with Crippen LogP contribution in [-0.4, -0.2) is 50.5 Å². The molecule has 1 aliphatic heterocycles. The number of Topliss-reactive ketones (excluding diaryl/α,β-unsaturated/α-hetero) is 2. The van der Waals surface area contributed by atoms with Crippen LogP contribution in [0.4, 0.5) is 32.0 Å². The number of thiophene rings is 2. The van der Waals surface area contributed by atoms with E-state index in [0.717, 1.165) is 35.6 Å². The largest absolute Gasteiger partial charge is 0.431 e. The fourth-order valence-electron chi connectivity index (χ4n) is 4.73. The minimum absolute atomic E-state index is 0.403. The average Bonchev–Trinajstić information content (AvgIpc) is 3.56. The van der Waals surface area contributed by atoms with Crippen molar-refractivity contribution in [2.24, 2.45) is 11.8 Å². The molecular formula is C23H16F6N2O6S2. The van der Waals surface area contributed by atoms with Gasteiger partial charge in [0.2, 0.25) is 11.4 Å². The summed E-state index contributed by atoms with van der Waals surface area (Å²) < 4.78 is 86.9. The number of hydrogen-bond donors (Lipinski definition) is 3. The van der Waals surface area contributed by atoms with E-state index in [1.54, 1.807) is 0 Å². The van der Waals surface area contributed by atoms with E-state index in [9.17, 15) is 56.3 Å². The molecule has 1 saturated heterocycles. The van der Waals surface area contributed by atoms with Crippen LogP contribution in [0.15, 0.2) is 59.3 Å². The van der Waals surface area contributed by atoms with Gasteiger partial charge in [0.05, 0.1) is 26.5 Å². The zero-order valence-electron chi connectivity index (χ0n) is 19.1. The summed E-state index contributed by atoms with van der Waals surface area (Å²) in [5.74, 6) is -11.3. The summed E-state index contributed by atoms with van der Waals surface area (Å²) in [6.07, 6.45) is -12.0. The van der Waals surface area contributed by atoms with Crippen molar-refractivity contribution in [3.05, 3.63) is 84.7 Å². The number of alkyl halides is 6. The molecule has 208 valence electrons. The molecule has 0 amide bonds. The highest BCUT2D eigenvalue weighted by Gasteiger charge is 2.77. The number of ketones is 2. The summed E-state index contributed by atoms with van der Waals surface area (Å²) in [6.45, 7) is 0. The summed E-state index contributed by atoms with van der Waals surface area (Å²) in [5, 5.41) is 36.6. The molecule has 1 aromatic carbocycles. The highest BCUT2D eigenvalue weighted by atomic mass is 32.1. The van der Waals surface area contributed by atoms with E-state index >= 15 is 0 Å². The van der Waals surface area contributed by atoms with Crippen LogP contribution in [0.3, 0.4) is 0 Å². The highest BCUT2D eigenvalue weighted by Crippen LogP contribution is 2.57. The van der Waals surface area contributed by atoms with Crippen molar-refractivity contribution >= 4 is 39.9 Å². The Balaban J connectivity index is 2.12. The molecule has 0 bridgehead atoms. The summed E-state index contributed by atoms with van der Waals surface area (Å²) in [6, 6.07) is 7.99. The van der Waals surface area contributed by atoms with Crippen LogP contribution < -0.4 is 5.32 Å². The number of nitro benzene ring substituents is 1. The van der Waals surface area contributed by atoms with E-state index in [4.69, 9.17) is 0 Å². The average molecular weight is 595 g/mol. The van der Waals surface area contributed by atoms with Crippen molar-refractivity contribution in [3.63, 3.8) is 0 Å². The van der Waals surface area contributed by atoms with Gasteiger partial charge in [-0.2, -0.15) is 26.3 Å². The molecule has 0 radical (unpaired) electrons. The number of aliphatic hydroxyl groups is 2. The lowest BCUT2D eigenvalue weighted by atomic mass is 9.61. The minimum Gasteiger partial charge on any atom is -0.367 e. The molecule has 0 aliphatic carbocycles. The topological polar surface area (TPSA) is 130 Å². The number of nitrogens with zero attached hydrogens (tertiary/aromatic N) is 1. The maximum atomic E-state index is 14.5. The number of halogens is 6. The standard InChI is InChI=1S/C23H16F6N2O6S2/c24-22(25,26)20(34)16(18(32)13-6-2-8-38-13)15(11-4-1-5-12(10-11)31(36)37)17(19(33)14-7-3-9-39-14)21(35,30-20)23(27,28)29/h1-10,15-17,30,34-35H. The minimum atomic E-state index is -6.01. The third kappa shape index (κ3) is 4.75. The Morgan fingerprint density at radius 3 is 1.67 bits per heavy atom. The Hall–Kier alpha value is -3.18. The van der Waals surface area contributed by atoms with Crippen molar-refractivity contribution < 1.29 is 51.1 Å². The number of nitrogens with one attached hydrogen (secondary N) is 1. The number of benzene rings is 1. The molecule has 3 N–H and O–H groups in total. The van der Waals surface area contributed by atoms with E-state index in [1.807, 2.05) is 0 Å². The van der Waals surface area contributed by atoms with Gasteiger partial charge < -0.3 is 10.2 Å². The molecule has 16 heteroatoms. The van der Waals surface area contributed by atoms with Crippen LogP contribution in [0.1, 0.15) is 30.8 Å². The number of piperidine rings is 1. The highest BCUT2D eigenvalue weighted by molar-refractivity contribution is 7.12. The molecule has 0 saturated carbocycles. The number of non-ortho nitro benzene ring substituents is 1. The Labute approximate surface area is 222 Å². The van der Waals surface area contributed by atoms with Gasteiger partial charge in [-0.15, -0.1) is 22.7 Å². The van der Waals surface area contributed by atoms with E-state index in [0.29, 0.717) is 28.7 Å². The lowest BCUT2D eigenvalue weighted by Crippen LogP contribution is -2.81. The third-order valence-electron chi connectivity index (χ3n) is 6.42. The van der Waals surface area contributed by atoms with E-state index in [-0.39, 0.29) is 0 Å². The van der Waals surface area contributed by atoms with Crippen LogP contribution in [-0.2, 0) is 0 Å². The van der Waals surface area contributed by atoms with Gasteiger partial charge >= 0.3 is 12.4 Å². The first-order valence-corrected chi connectivity index (χ1v) is 12.6. The second kappa shape index (κ2) is 9.78. The van der Waals surface area contributed by atoms with Gasteiger partial charge in [0.15, 0.2) is 11.6 Å². The molecule has 4 rings (SSSR count). The second-order valence-electron chi connectivity index (χ2n) is 8.67. The number of hydrogen-bond acceptors (Lipinski definition) is 9. The van der Waals surface area contributed by atoms with Crippen molar-refractivity contribution in [1.82, 2.24) is 5.32 Å². The smallest absolute Gasteiger partial charge is 0.367 e. The lowest BCUT2D eigenvalue weighted by molar-refractivity contribution is -0.385. The first-order valence-electron chi connectivity index (χ1n) is 10.8. The van der Waals surface area contributed by atoms with Gasteiger partial charge in [0.25, 0.3) is 5.69 Å². The maximum absolute atomic E-state index is 14.5. The summed E-state index contributed by atoms with van der Waals surface area (Å²) >= 11 is 1.25. The summed E-state index contributed by atoms with van der Waals surface area (Å²) in [4.78, 5) is 36.7. The lowest BCUT2D eigenvalue weighted by Gasteiger charge is -2.55. The van der Waals surface area contributed by atoms with Crippen LogP contribution in [0, 0.1) is 22.0 Å². The van der Waals surface area contributed by atoms with Crippen LogP contribution in [0.25, 0.3) is 0 Å². The first kappa shape index (κ1) is 28.8. The predicted molar refractivity (Wildman–Crippen MR) is 125 cm³/mol. The molecule has 4 atom stereocenters. The molecule has 0 spiro atoms. The number of rotatable bonds is 6. The molecule has 1 fully saturated rings. The normalized spacial score (nSPS) is 27.7. The molecular weight excluding hydrogens is 578 g/mol. The Morgan fingerprint density at radius 1 is 0.846 bits per heavy atom. The number of carbonyl (C=O) groups is 2. The molecule has 8 nitrogen and oxygen atoms in total. The SMILES string of the molecule is O=C(c1cccs1)C1C(c2cccc([N+](=O)[O-])c2)C(C(=O)c2cccs2)C(O)(C(F)(F)F)NC1(O)C(F)(F)F. The fourth-order valence-corrected chi connectivity index (χ4v) is 6.14. The van der Waals surface area contributed by atoms with Crippen molar-refractivity contribution in [1.29, 1.82) is 0 Å². The quantitative estimate of drug-likeness (QED) is 0.160. The van der Waals surface area contributed by atoms with Gasteiger partial charge in [0, 0.05) is 18.1 Å². The summed E-state index contributed by atoms with van der Waals surface area (Å²) in [5.41, 5.74) is -10.9.